The predicted molar refractivity (Wildman–Crippen MR) is 71.4 cm³/mol. The van der Waals surface area contributed by atoms with Crippen LogP contribution in [-0.4, -0.2) is 4.55 Å². The molecule has 0 saturated carbocycles. The predicted octanol–water partition coefficient (Wildman–Crippen LogP) is 2.24. The fraction of sp³-hybridized carbons (Fsp3) is 0.214. The van der Waals surface area contributed by atoms with Crippen molar-refractivity contribution in [2.75, 3.05) is 0 Å². The maximum absolute atomic E-state index is 12.2. The van der Waals surface area contributed by atoms with Crippen LogP contribution >= 0.6 is 0 Å². The Hall–Kier alpha value is -1.52. The molecule has 0 saturated heterocycles. The van der Waals surface area contributed by atoms with Crippen LogP contribution < -0.4 is 4.73 Å². The van der Waals surface area contributed by atoms with Crippen molar-refractivity contribution in [2.45, 2.75) is 24.6 Å². The summed E-state index contributed by atoms with van der Waals surface area (Å²) in [5.74, 6) is 0.375. The van der Waals surface area contributed by atoms with Crippen LogP contribution in [0.15, 0.2) is 47.6 Å². The molecule has 0 aliphatic carbocycles. The standard InChI is InChI=1S/C14H15NO2S/c1-11-6-7-12(2)13(9-11)10-18(17)14-5-3-4-8-15(14)16/h3-9H,10H2,1-2H3. The molecule has 0 amide bonds. The molecule has 18 heavy (non-hydrogen) atoms. The van der Waals surface area contributed by atoms with Crippen molar-refractivity contribution >= 4 is 11.2 Å². The molecular weight excluding hydrogens is 246 g/mol. The molecule has 1 aromatic heterocycles. The Morgan fingerprint density at radius 1 is 1.17 bits per heavy atom. The van der Waals surface area contributed by atoms with E-state index in [4.69, 9.17) is 0 Å². The Bertz CT molecular complexity index is 557. The van der Waals surface area contributed by atoms with E-state index < -0.39 is 11.2 Å². The summed E-state index contributed by atoms with van der Waals surface area (Å²) < 4.78 is 12.9. The van der Waals surface area contributed by atoms with Crippen LogP contribution in [-0.2, 0) is 16.9 Å². The number of hydrogen-bond acceptors (Lipinski definition) is 2. The summed E-state index contributed by atoms with van der Waals surface area (Å²) in [7, 11) is 0. The van der Waals surface area contributed by atoms with E-state index in [0.29, 0.717) is 15.5 Å². The van der Waals surface area contributed by atoms with Crippen molar-refractivity contribution in [3.63, 3.8) is 0 Å². The molecule has 1 unspecified atom stereocenters. The van der Waals surface area contributed by atoms with Crippen molar-refractivity contribution in [1.29, 1.82) is 0 Å². The van der Waals surface area contributed by atoms with Crippen LogP contribution in [0.25, 0.3) is 0 Å². The van der Waals surface area contributed by atoms with Gasteiger partial charge < -0.3 is 9.76 Å². The number of benzene rings is 1. The topological polar surface area (TPSA) is 50.0 Å². The number of aryl methyl sites for hydroxylation is 2. The minimum absolute atomic E-state index is 0.304. The molecule has 3 nitrogen and oxygen atoms in total. The molecule has 1 aromatic carbocycles. The van der Waals surface area contributed by atoms with Crippen molar-refractivity contribution in [3.8, 4) is 0 Å². The SMILES string of the molecule is Cc1ccc(C)c(C[S+]([O-])c2cccc[n+]2[O-])c1. The van der Waals surface area contributed by atoms with Gasteiger partial charge >= 0.3 is 5.03 Å². The summed E-state index contributed by atoms with van der Waals surface area (Å²) in [6, 6.07) is 11.0. The third-order valence-corrected chi connectivity index (χ3v) is 4.17. The lowest BCUT2D eigenvalue weighted by atomic mass is 10.1. The molecule has 0 fully saturated rings. The van der Waals surface area contributed by atoms with E-state index in [-0.39, 0.29) is 0 Å². The maximum atomic E-state index is 12.2. The number of pyridine rings is 1. The van der Waals surface area contributed by atoms with Crippen molar-refractivity contribution < 1.29 is 9.28 Å². The lowest BCUT2D eigenvalue weighted by molar-refractivity contribution is -0.646. The second-order valence-electron chi connectivity index (χ2n) is 4.28. The third kappa shape index (κ3) is 2.83. The second-order valence-corrected chi connectivity index (χ2v) is 5.68. The molecule has 0 N–H and O–H groups in total. The molecule has 0 aliphatic rings. The van der Waals surface area contributed by atoms with E-state index >= 15 is 0 Å². The molecule has 0 bridgehead atoms. The average molecular weight is 261 g/mol. The summed E-state index contributed by atoms with van der Waals surface area (Å²) in [5, 5.41) is 11.8. The van der Waals surface area contributed by atoms with Gasteiger partial charge in [-0.1, -0.05) is 23.8 Å². The van der Waals surface area contributed by atoms with Gasteiger partial charge in [0, 0.05) is 11.6 Å². The number of nitrogens with zero attached hydrogens (tertiary/aromatic N) is 1. The van der Waals surface area contributed by atoms with Crippen LogP contribution in [0, 0.1) is 19.1 Å². The van der Waals surface area contributed by atoms with E-state index in [1.54, 1.807) is 18.2 Å². The Kier molecular flexibility index (Phi) is 3.89. The van der Waals surface area contributed by atoms with Gasteiger partial charge in [-0.05, 0) is 25.5 Å². The Labute approximate surface area is 110 Å². The van der Waals surface area contributed by atoms with Gasteiger partial charge in [0.05, 0.1) is 17.2 Å². The molecule has 1 atom stereocenters. The molecule has 94 valence electrons. The van der Waals surface area contributed by atoms with Crippen LogP contribution in [0.1, 0.15) is 16.7 Å². The Balaban J connectivity index is 2.24. The first-order valence-electron chi connectivity index (χ1n) is 5.70. The van der Waals surface area contributed by atoms with Gasteiger partial charge in [-0.25, -0.2) is 0 Å². The number of hydrogen-bond donors (Lipinski definition) is 0. The first kappa shape index (κ1) is 12.9. The van der Waals surface area contributed by atoms with E-state index in [1.807, 2.05) is 32.0 Å². The Morgan fingerprint density at radius 3 is 2.67 bits per heavy atom. The van der Waals surface area contributed by atoms with Gasteiger partial charge in [0.2, 0.25) is 0 Å². The van der Waals surface area contributed by atoms with E-state index in [1.165, 1.54) is 6.20 Å². The second kappa shape index (κ2) is 5.42. The van der Waals surface area contributed by atoms with Gasteiger partial charge in [-0.2, -0.15) is 0 Å². The quantitative estimate of drug-likeness (QED) is 0.483. The first-order valence-corrected chi connectivity index (χ1v) is 7.02. The zero-order valence-electron chi connectivity index (χ0n) is 10.4. The van der Waals surface area contributed by atoms with Crippen LogP contribution in [0.3, 0.4) is 0 Å². The Morgan fingerprint density at radius 2 is 1.94 bits per heavy atom. The third-order valence-electron chi connectivity index (χ3n) is 2.81. The first-order chi connectivity index (χ1) is 8.58. The van der Waals surface area contributed by atoms with Crippen molar-refractivity contribution in [3.05, 3.63) is 64.5 Å². The zero-order valence-corrected chi connectivity index (χ0v) is 11.2. The summed E-state index contributed by atoms with van der Waals surface area (Å²) >= 11 is -1.31. The van der Waals surface area contributed by atoms with E-state index in [9.17, 15) is 9.76 Å². The monoisotopic (exact) mass is 261 g/mol. The number of aromatic nitrogens is 1. The van der Waals surface area contributed by atoms with Gasteiger partial charge in [0.15, 0.2) is 6.20 Å². The highest BCUT2D eigenvalue weighted by Crippen LogP contribution is 2.17. The fourth-order valence-electron chi connectivity index (χ4n) is 1.76. The van der Waals surface area contributed by atoms with Gasteiger partial charge in [-0.3, -0.25) is 0 Å². The highest BCUT2D eigenvalue weighted by atomic mass is 32.2. The van der Waals surface area contributed by atoms with Gasteiger partial charge in [0.1, 0.15) is 5.75 Å². The molecular formula is C14H15NO2S. The lowest BCUT2D eigenvalue weighted by Gasteiger charge is -2.11. The molecule has 0 radical (unpaired) electrons. The lowest BCUT2D eigenvalue weighted by Crippen LogP contribution is -2.33. The zero-order chi connectivity index (χ0) is 13.1. The summed E-state index contributed by atoms with van der Waals surface area (Å²) in [6.45, 7) is 3.99. The fourth-order valence-corrected chi connectivity index (χ4v) is 2.99. The minimum Gasteiger partial charge on any atom is -0.615 e. The minimum atomic E-state index is -1.31. The summed E-state index contributed by atoms with van der Waals surface area (Å²) in [4.78, 5) is 0. The molecule has 1 heterocycles. The molecule has 0 spiro atoms. The van der Waals surface area contributed by atoms with E-state index in [0.717, 1.165) is 16.7 Å². The molecule has 2 rings (SSSR count). The molecule has 2 aromatic rings. The van der Waals surface area contributed by atoms with Crippen LogP contribution in [0.5, 0.6) is 0 Å². The molecule has 4 heteroatoms. The highest BCUT2D eigenvalue weighted by molar-refractivity contribution is 7.90. The van der Waals surface area contributed by atoms with Crippen LogP contribution in [0.4, 0.5) is 0 Å². The largest absolute Gasteiger partial charge is 0.615 e. The maximum Gasteiger partial charge on any atom is 0.393 e. The van der Waals surface area contributed by atoms with E-state index in [2.05, 4.69) is 0 Å². The van der Waals surface area contributed by atoms with Crippen molar-refractivity contribution in [1.82, 2.24) is 0 Å². The highest BCUT2D eigenvalue weighted by Gasteiger charge is 2.21. The van der Waals surface area contributed by atoms with Gasteiger partial charge in [-0.15, -0.1) is 4.73 Å². The average Bonchev–Trinajstić information content (AvgIpc) is 2.34. The van der Waals surface area contributed by atoms with Crippen molar-refractivity contribution in [2.24, 2.45) is 0 Å². The summed E-state index contributed by atoms with van der Waals surface area (Å²) in [6.07, 6.45) is 1.37. The smallest absolute Gasteiger partial charge is 0.393 e. The van der Waals surface area contributed by atoms with Crippen LogP contribution in [0.2, 0.25) is 0 Å². The molecule has 0 aliphatic heterocycles. The summed E-state index contributed by atoms with van der Waals surface area (Å²) in [5.41, 5.74) is 3.26. The van der Waals surface area contributed by atoms with Gasteiger partial charge in [0.25, 0.3) is 0 Å². The number of rotatable bonds is 3. The normalized spacial score (nSPS) is 12.4.